The molecule has 0 saturated heterocycles. The molecule has 2 aromatic heterocycles. The van der Waals surface area contributed by atoms with Crippen molar-refractivity contribution >= 4 is 21.8 Å². The van der Waals surface area contributed by atoms with Crippen LogP contribution in [0.3, 0.4) is 0 Å². The number of benzene rings is 9. The summed E-state index contributed by atoms with van der Waals surface area (Å²) in [5.74, 6) is 1.90. The summed E-state index contributed by atoms with van der Waals surface area (Å²) < 4.78 is 2.44. The average molecular weight is 807 g/mol. The second-order valence-electron chi connectivity index (χ2n) is 16.0. The van der Waals surface area contributed by atoms with Crippen molar-refractivity contribution < 1.29 is 0 Å². The Morgan fingerprint density at radius 1 is 0.302 bits per heavy atom. The molecule has 0 unspecified atom stereocenters. The van der Waals surface area contributed by atoms with Crippen LogP contribution in [0.5, 0.6) is 0 Å². The molecule has 0 spiro atoms. The van der Waals surface area contributed by atoms with E-state index in [0.29, 0.717) is 17.5 Å². The van der Waals surface area contributed by atoms with E-state index < -0.39 is 0 Å². The van der Waals surface area contributed by atoms with E-state index in [4.69, 9.17) is 15.0 Å². The number of hydrogen-bond donors (Lipinski definition) is 0. The van der Waals surface area contributed by atoms with E-state index in [1.54, 1.807) is 0 Å². The summed E-state index contributed by atoms with van der Waals surface area (Å²) in [5, 5.41) is 2.40. The lowest BCUT2D eigenvalue weighted by Crippen LogP contribution is -2.01. The van der Waals surface area contributed by atoms with Crippen LogP contribution in [-0.4, -0.2) is 19.5 Å². The van der Waals surface area contributed by atoms with E-state index >= 15 is 0 Å². The molecule has 0 aliphatic carbocycles. The molecule has 0 radical (unpaired) electrons. The standard InChI is InChI=1S/C59H42N4/c1-6-19-41(20-7-1)35-47-29-16-17-32-51(47)53-40-54-52-34-33-46(43-23-10-3-11-24-43)38-55(52)63(56(54)39-49(53)36-42-21-8-2-9-22-42)50-31-18-30-48(37-50)59-61-57(44-25-12-4-13-26-44)60-58(62-59)45-27-14-5-15-28-45/h1-34,37-40H,35-36H2. The lowest BCUT2D eigenvalue weighted by molar-refractivity contribution is 1.07. The first-order chi connectivity index (χ1) is 31.2. The number of fused-ring (bicyclic) bond motifs is 3. The van der Waals surface area contributed by atoms with Gasteiger partial charge in [0.1, 0.15) is 0 Å². The summed E-state index contributed by atoms with van der Waals surface area (Å²) in [4.78, 5) is 15.2. The number of hydrogen-bond acceptors (Lipinski definition) is 3. The van der Waals surface area contributed by atoms with E-state index in [-0.39, 0.29) is 0 Å². The molecule has 0 fully saturated rings. The van der Waals surface area contributed by atoms with Crippen LogP contribution in [0, 0.1) is 0 Å². The van der Waals surface area contributed by atoms with E-state index in [2.05, 4.69) is 174 Å². The zero-order valence-corrected chi connectivity index (χ0v) is 34.6. The third-order valence-corrected chi connectivity index (χ3v) is 11.9. The van der Waals surface area contributed by atoms with Gasteiger partial charge in [-0.1, -0.05) is 200 Å². The van der Waals surface area contributed by atoms with Gasteiger partial charge in [0.05, 0.1) is 11.0 Å². The molecule has 4 nitrogen and oxygen atoms in total. The molecule has 0 aliphatic rings. The zero-order chi connectivity index (χ0) is 42.0. The van der Waals surface area contributed by atoms with Gasteiger partial charge in [0.25, 0.3) is 0 Å². The molecular formula is C59H42N4. The largest absolute Gasteiger partial charge is 0.309 e. The summed E-state index contributed by atoms with van der Waals surface area (Å²) in [6.45, 7) is 0. The second-order valence-corrected chi connectivity index (χ2v) is 16.0. The molecule has 0 aliphatic heterocycles. The first-order valence-corrected chi connectivity index (χ1v) is 21.5. The monoisotopic (exact) mass is 806 g/mol. The van der Waals surface area contributed by atoms with Gasteiger partial charge in [0.2, 0.25) is 0 Å². The van der Waals surface area contributed by atoms with Gasteiger partial charge in [-0.2, -0.15) is 0 Å². The van der Waals surface area contributed by atoms with Gasteiger partial charge in [0, 0.05) is 33.2 Å². The van der Waals surface area contributed by atoms with Gasteiger partial charge in [-0.05, 0) is 87.7 Å². The predicted octanol–water partition coefficient (Wildman–Crippen LogP) is 14.5. The van der Waals surface area contributed by atoms with Crippen molar-refractivity contribution in [3.05, 3.63) is 253 Å². The summed E-state index contributed by atoms with van der Waals surface area (Å²) >= 11 is 0. The minimum Gasteiger partial charge on any atom is -0.309 e. The van der Waals surface area contributed by atoms with Crippen molar-refractivity contribution in [3.63, 3.8) is 0 Å². The fourth-order valence-corrected chi connectivity index (χ4v) is 8.88. The third kappa shape index (κ3) is 7.60. The van der Waals surface area contributed by atoms with Crippen LogP contribution >= 0.6 is 0 Å². The highest BCUT2D eigenvalue weighted by Gasteiger charge is 2.20. The van der Waals surface area contributed by atoms with Gasteiger partial charge in [0.15, 0.2) is 17.5 Å². The van der Waals surface area contributed by atoms with Crippen molar-refractivity contribution in [1.29, 1.82) is 0 Å². The molecule has 11 aromatic rings. The highest BCUT2D eigenvalue weighted by molar-refractivity contribution is 6.12. The van der Waals surface area contributed by atoms with Gasteiger partial charge >= 0.3 is 0 Å². The van der Waals surface area contributed by atoms with Crippen LogP contribution in [0.1, 0.15) is 22.3 Å². The minimum atomic E-state index is 0.623. The van der Waals surface area contributed by atoms with Crippen LogP contribution in [0.4, 0.5) is 0 Å². The number of aromatic nitrogens is 4. The number of nitrogens with zero attached hydrogens (tertiary/aromatic N) is 4. The second kappa shape index (κ2) is 16.7. The van der Waals surface area contributed by atoms with Crippen LogP contribution < -0.4 is 0 Å². The number of rotatable bonds is 10. The average Bonchev–Trinajstić information content (AvgIpc) is 3.67. The van der Waals surface area contributed by atoms with E-state index in [1.807, 2.05) is 60.7 Å². The molecule has 11 rings (SSSR count). The molecular weight excluding hydrogens is 765 g/mol. The molecule has 4 heteroatoms. The maximum Gasteiger partial charge on any atom is 0.164 e. The quantitative estimate of drug-likeness (QED) is 0.138. The van der Waals surface area contributed by atoms with Gasteiger partial charge < -0.3 is 4.57 Å². The van der Waals surface area contributed by atoms with Crippen molar-refractivity contribution in [3.8, 4) is 62.1 Å². The molecule has 0 atom stereocenters. The fourth-order valence-electron chi connectivity index (χ4n) is 8.88. The van der Waals surface area contributed by atoms with Crippen LogP contribution in [0.15, 0.2) is 231 Å². The van der Waals surface area contributed by atoms with Crippen LogP contribution in [0.25, 0.3) is 83.9 Å². The summed E-state index contributed by atoms with van der Waals surface area (Å²) in [6.07, 6.45) is 1.64. The summed E-state index contributed by atoms with van der Waals surface area (Å²) in [7, 11) is 0. The summed E-state index contributed by atoms with van der Waals surface area (Å²) in [5.41, 5.74) is 16.1. The SMILES string of the molecule is c1ccc(Cc2ccccc2-c2cc3c4ccc(-c5ccccc5)cc4n(-c4cccc(-c5nc(-c6ccccc6)nc(-c6ccccc6)n5)c4)c3cc2Cc2ccccc2)cc1. The Labute approximate surface area is 367 Å². The van der Waals surface area contributed by atoms with Gasteiger partial charge in [-0.15, -0.1) is 0 Å². The zero-order valence-electron chi connectivity index (χ0n) is 34.6. The fraction of sp³-hybridized carbons (Fsp3) is 0.0339. The van der Waals surface area contributed by atoms with Crippen LogP contribution in [0.2, 0.25) is 0 Å². The maximum absolute atomic E-state index is 5.11. The third-order valence-electron chi connectivity index (χ3n) is 11.9. The minimum absolute atomic E-state index is 0.623. The Kier molecular flexibility index (Phi) is 10.0. The first kappa shape index (κ1) is 37.8. The maximum atomic E-state index is 5.11. The molecule has 63 heavy (non-hydrogen) atoms. The van der Waals surface area contributed by atoms with E-state index in [9.17, 15) is 0 Å². The molecule has 9 aromatic carbocycles. The van der Waals surface area contributed by atoms with Gasteiger partial charge in [-0.3, -0.25) is 0 Å². The topological polar surface area (TPSA) is 43.6 Å². The van der Waals surface area contributed by atoms with Crippen molar-refractivity contribution in [2.24, 2.45) is 0 Å². The van der Waals surface area contributed by atoms with Crippen molar-refractivity contribution in [2.45, 2.75) is 12.8 Å². The molecule has 0 amide bonds. The van der Waals surface area contributed by atoms with E-state index in [0.717, 1.165) is 46.3 Å². The van der Waals surface area contributed by atoms with Crippen molar-refractivity contribution in [2.75, 3.05) is 0 Å². The molecule has 0 bridgehead atoms. The molecule has 298 valence electrons. The van der Waals surface area contributed by atoms with Crippen molar-refractivity contribution in [1.82, 2.24) is 19.5 Å². The molecule has 0 saturated carbocycles. The Hall–Kier alpha value is -8.21. The normalized spacial score (nSPS) is 11.3. The molecule has 0 N–H and O–H groups in total. The highest BCUT2D eigenvalue weighted by atomic mass is 15.0. The summed E-state index contributed by atoms with van der Waals surface area (Å²) in [6, 6.07) is 82.0. The van der Waals surface area contributed by atoms with Gasteiger partial charge in [-0.25, -0.2) is 15.0 Å². The smallest absolute Gasteiger partial charge is 0.164 e. The Bertz CT molecular complexity index is 3300. The first-order valence-electron chi connectivity index (χ1n) is 21.5. The van der Waals surface area contributed by atoms with Crippen LogP contribution in [-0.2, 0) is 12.8 Å². The Morgan fingerprint density at radius 2 is 0.794 bits per heavy atom. The van der Waals surface area contributed by atoms with E-state index in [1.165, 1.54) is 55.3 Å². The lowest BCUT2D eigenvalue weighted by Gasteiger charge is -2.17. The predicted molar refractivity (Wildman–Crippen MR) is 260 cm³/mol. The Balaban J connectivity index is 1.15. The Morgan fingerprint density at radius 3 is 1.41 bits per heavy atom. The lowest BCUT2D eigenvalue weighted by atomic mass is 9.88. The molecule has 2 heterocycles. The highest BCUT2D eigenvalue weighted by Crippen LogP contribution is 2.41.